The molecular formula is C17H22BNO7. The highest BCUT2D eigenvalue weighted by molar-refractivity contribution is 6.47. The van der Waals surface area contributed by atoms with Crippen LogP contribution in [-0.4, -0.2) is 42.2 Å². The molecule has 1 unspecified atom stereocenters. The molecule has 1 aliphatic heterocycles. The molecule has 2 atom stereocenters. The normalized spacial score (nSPS) is 17.0. The zero-order chi connectivity index (χ0) is 19.4. The van der Waals surface area contributed by atoms with Crippen LogP contribution in [0.3, 0.4) is 0 Å². The molecule has 1 amide bonds. The fourth-order valence-corrected chi connectivity index (χ4v) is 2.51. The molecule has 26 heavy (non-hydrogen) atoms. The van der Waals surface area contributed by atoms with Gasteiger partial charge in [-0.3, -0.25) is 9.59 Å². The zero-order valence-electron chi connectivity index (χ0n) is 15.1. The Morgan fingerprint density at radius 3 is 2.58 bits per heavy atom. The monoisotopic (exact) mass is 363 g/mol. The summed E-state index contributed by atoms with van der Waals surface area (Å²) >= 11 is 0. The Bertz CT molecular complexity index is 706. The van der Waals surface area contributed by atoms with Crippen LogP contribution in [0.4, 0.5) is 0 Å². The van der Waals surface area contributed by atoms with Gasteiger partial charge in [0.2, 0.25) is 12.2 Å². The van der Waals surface area contributed by atoms with E-state index in [9.17, 15) is 19.4 Å². The van der Waals surface area contributed by atoms with E-state index in [0.717, 1.165) is 0 Å². The number of esters is 2. The summed E-state index contributed by atoms with van der Waals surface area (Å²) in [6, 6.07) is 4.87. The third-order valence-electron chi connectivity index (χ3n) is 3.75. The van der Waals surface area contributed by atoms with E-state index in [2.05, 4.69) is 5.32 Å². The van der Waals surface area contributed by atoms with Crippen LogP contribution in [0, 0.1) is 5.92 Å². The van der Waals surface area contributed by atoms with Crippen molar-refractivity contribution in [3.8, 4) is 5.75 Å². The van der Waals surface area contributed by atoms with Gasteiger partial charge < -0.3 is 24.5 Å². The molecule has 8 nitrogen and oxygen atoms in total. The summed E-state index contributed by atoms with van der Waals surface area (Å²) in [4.78, 5) is 35.2. The van der Waals surface area contributed by atoms with E-state index in [-0.39, 0.29) is 23.1 Å². The van der Waals surface area contributed by atoms with E-state index in [1.807, 2.05) is 0 Å². The largest absolute Gasteiger partial charge is 0.547 e. The van der Waals surface area contributed by atoms with Gasteiger partial charge in [0.05, 0.1) is 11.9 Å². The van der Waals surface area contributed by atoms with E-state index in [4.69, 9.17) is 14.1 Å². The van der Waals surface area contributed by atoms with Gasteiger partial charge in [-0.2, -0.15) is 0 Å². The van der Waals surface area contributed by atoms with Crippen molar-refractivity contribution in [2.45, 2.75) is 46.3 Å². The Morgan fingerprint density at radius 2 is 1.96 bits per heavy atom. The highest BCUT2D eigenvalue weighted by atomic mass is 16.7. The number of carbonyl (C=O) groups excluding carboxylic acids is 3. The zero-order valence-corrected chi connectivity index (χ0v) is 15.1. The van der Waals surface area contributed by atoms with Crippen molar-refractivity contribution in [2.24, 2.45) is 5.92 Å². The molecule has 9 heteroatoms. The van der Waals surface area contributed by atoms with E-state index < -0.39 is 31.3 Å². The van der Waals surface area contributed by atoms with Gasteiger partial charge in [-0.05, 0) is 18.1 Å². The number of para-hydroxylation sites is 1. The summed E-state index contributed by atoms with van der Waals surface area (Å²) in [6.45, 7) is 6.13. The fourth-order valence-electron chi connectivity index (χ4n) is 2.51. The SMILES string of the molecule is CC(=O)N[C@H]1Cc2cccc(C(=O)OC(C)OC(=O)C(C)C)c2OB1O. The van der Waals surface area contributed by atoms with Gasteiger partial charge >= 0.3 is 19.1 Å². The number of benzene rings is 1. The number of amides is 1. The molecule has 2 N–H and O–H groups in total. The number of rotatable bonds is 5. The number of ether oxygens (including phenoxy) is 2. The van der Waals surface area contributed by atoms with Gasteiger partial charge in [0, 0.05) is 13.8 Å². The summed E-state index contributed by atoms with van der Waals surface area (Å²) in [5, 5.41) is 12.7. The van der Waals surface area contributed by atoms with Gasteiger partial charge in [0.1, 0.15) is 11.3 Å². The van der Waals surface area contributed by atoms with Crippen LogP contribution in [0.25, 0.3) is 0 Å². The number of fused-ring (bicyclic) bond motifs is 1. The fraction of sp³-hybridized carbons (Fsp3) is 0.471. The van der Waals surface area contributed by atoms with Gasteiger partial charge in [-0.25, -0.2) is 4.79 Å². The van der Waals surface area contributed by atoms with Crippen LogP contribution in [0.5, 0.6) is 5.75 Å². The summed E-state index contributed by atoms with van der Waals surface area (Å²) in [7, 11) is -1.29. The molecule has 0 fully saturated rings. The predicted octanol–water partition coefficient (Wildman–Crippen LogP) is 0.848. The first kappa shape index (κ1) is 19.8. The molecule has 0 radical (unpaired) electrons. The first-order valence-corrected chi connectivity index (χ1v) is 8.34. The van der Waals surface area contributed by atoms with E-state index in [1.54, 1.807) is 26.0 Å². The molecule has 0 spiro atoms. The predicted molar refractivity (Wildman–Crippen MR) is 92.2 cm³/mol. The molecule has 0 saturated heterocycles. The molecule has 0 aliphatic carbocycles. The summed E-state index contributed by atoms with van der Waals surface area (Å²) < 4.78 is 15.6. The molecule has 0 aromatic heterocycles. The lowest BCUT2D eigenvalue weighted by atomic mass is 9.72. The van der Waals surface area contributed by atoms with Crippen LogP contribution in [0.15, 0.2) is 18.2 Å². The first-order valence-electron chi connectivity index (χ1n) is 8.34. The van der Waals surface area contributed by atoms with Crippen LogP contribution >= 0.6 is 0 Å². The standard InChI is InChI=1S/C17H22BNO7/c1-9(2)16(21)24-11(4)25-17(22)13-7-5-6-12-8-14(19-10(3)20)18(23)26-15(12)13/h5-7,9,11,14,23H,8H2,1-4H3,(H,19,20)/t11?,14-/m0/s1. The highest BCUT2D eigenvalue weighted by Crippen LogP contribution is 2.30. The average molecular weight is 363 g/mol. The van der Waals surface area contributed by atoms with Crippen molar-refractivity contribution >= 4 is 25.0 Å². The molecule has 1 aromatic rings. The lowest BCUT2D eigenvalue weighted by molar-refractivity contribution is -0.169. The third kappa shape index (κ3) is 4.75. The lowest BCUT2D eigenvalue weighted by Crippen LogP contribution is -2.52. The maximum Gasteiger partial charge on any atom is 0.547 e. The number of hydrogen-bond donors (Lipinski definition) is 2. The molecule has 0 saturated carbocycles. The molecule has 1 heterocycles. The Morgan fingerprint density at radius 1 is 1.27 bits per heavy atom. The summed E-state index contributed by atoms with van der Waals surface area (Å²) in [5.41, 5.74) is 0.755. The van der Waals surface area contributed by atoms with Crippen molar-refractivity contribution in [1.82, 2.24) is 5.32 Å². The van der Waals surface area contributed by atoms with Crippen molar-refractivity contribution in [3.63, 3.8) is 0 Å². The molecule has 0 bridgehead atoms. The van der Waals surface area contributed by atoms with Crippen LogP contribution in [-0.2, 0) is 25.5 Å². The molecular weight excluding hydrogens is 341 g/mol. The summed E-state index contributed by atoms with van der Waals surface area (Å²) in [6.07, 6.45) is -0.761. The van der Waals surface area contributed by atoms with E-state index in [1.165, 1.54) is 19.9 Å². The minimum absolute atomic E-state index is 0.107. The van der Waals surface area contributed by atoms with Crippen LogP contribution in [0.2, 0.25) is 0 Å². The number of hydrogen-bond acceptors (Lipinski definition) is 7. The second-order valence-electron chi connectivity index (χ2n) is 6.38. The van der Waals surface area contributed by atoms with Gasteiger partial charge in [0.15, 0.2) is 0 Å². The van der Waals surface area contributed by atoms with Crippen molar-refractivity contribution < 1.29 is 33.5 Å². The lowest BCUT2D eigenvalue weighted by Gasteiger charge is -2.29. The van der Waals surface area contributed by atoms with Gasteiger partial charge in [-0.15, -0.1) is 0 Å². The second-order valence-corrected chi connectivity index (χ2v) is 6.38. The van der Waals surface area contributed by atoms with Gasteiger partial charge in [0.25, 0.3) is 0 Å². The molecule has 2 rings (SSSR count). The van der Waals surface area contributed by atoms with Crippen molar-refractivity contribution in [2.75, 3.05) is 0 Å². The van der Waals surface area contributed by atoms with Crippen molar-refractivity contribution in [1.29, 1.82) is 0 Å². The maximum atomic E-state index is 12.4. The maximum absolute atomic E-state index is 12.4. The Kier molecular flexibility index (Phi) is 6.25. The Hall–Kier alpha value is -2.55. The van der Waals surface area contributed by atoms with E-state index >= 15 is 0 Å². The minimum Gasteiger partial charge on any atom is -0.534 e. The quantitative estimate of drug-likeness (QED) is 0.453. The first-order chi connectivity index (χ1) is 12.2. The molecule has 1 aliphatic rings. The van der Waals surface area contributed by atoms with Crippen molar-refractivity contribution in [3.05, 3.63) is 29.3 Å². The minimum atomic E-state index is -1.29. The highest BCUT2D eigenvalue weighted by Gasteiger charge is 2.37. The van der Waals surface area contributed by atoms with Gasteiger partial charge in [-0.1, -0.05) is 26.0 Å². The third-order valence-corrected chi connectivity index (χ3v) is 3.75. The van der Waals surface area contributed by atoms with E-state index in [0.29, 0.717) is 12.0 Å². The molecule has 140 valence electrons. The Labute approximate surface area is 152 Å². The molecule has 1 aromatic carbocycles. The van der Waals surface area contributed by atoms with Crippen LogP contribution in [0.1, 0.15) is 43.6 Å². The smallest absolute Gasteiger partial charge is 0.534 e. The number of carbonyl (C=O) groups is 3. The second kappa shape index (κ2) is 8.22. The average Bonchev–Trinajstić information content (AvgIpc) is 2.54. The topological polar surface area (TPSA) is 111 Å². The Balaban J connectivity index is 2.13. The van der Waals surface area contributed by atoms with Crippen LogP contribution < -0.4 is 9.97 Å². The summed E-state index contributed by atoms with van der Waals surface area (Å²) in [5.74, 6) is -2.28. The number of nitrogens with one attached hydrogen (secondary N) is 1.